The summed E-state index contributed by atoms with van der Waals surface area (Å²) in [5.74, 6) is -3.48. The summed E-state index contributed by atoms with van der Waals surface area (Å²) in [7, 11) is 0. The second kappa shape index (κ2) is 7.00. The molecule has 0 spiro atoms. The van der Waals surface area contributed by atoms with Crippen LogP contribution in [0.15, 0.2) is 40.8 Å². The highest BCUT2D eigenvalue weighted by molar-refractivity contribution is 7.99. The fourth-order valence-electron chi connectivity index (χ4n) is 1.21. The van der Waals surface area contributed by atoms with E-state index in [1.165, 1.54) is 13.0 Å². The number of hydrogen-bond donors (Lipinski definition) is 2. The molecule has 0 unspecified atom stereocenters. The topological polar surface area (TPSA) is 49.3 Å². The molecule has 0 amide bonds. The summed E-state index contributed by atoms with van der Waals surface area (Å²) in [4.78, 5) is 11.0. The molecule has 0 aliphatic heterocycles. The summed E-state index contributed by atoms with van der Waals surface area (Å²) in [6.07, 6.45) is 1.49. The molecule has 18 heavy (non-hydrogen) atoms. The van der Waals surface area contributed by atoms with E-state index >= 15 is 0 Å². The summed E-state index contributed by atoms with van der Waals surface area (Å²) >= 11 is 0.457. The fraction of sp³-hybridized carbons (Fsp3) is 0.250. The highest BCUT2D eigenvalue weighted by Crippen LogP contribution is 2.31. The third kappa shape index (κ3) is 4.75. The molecule has 0 heterocycles. The van der Waals surface area contributed by atoms with Gasteiger partial charge in [0.05, 0.1) is 0 Å². The maximum absolute atomic E-state index is 12.3. The molecule has 0 bridgehead atoms. The number of carboxylic acid groups (broad SMARTS) is 1. The minimum atomic E-state index is -2.48. The summed E-state index contributed by atoms with van der Waals surface area (Å²) < 4.78 is 24.6. The van der Waals surface area contributed by atoms with Crippen LogP contribution in [0.5, 0.6) is 0 Å². The molecule has 3 nitrogen and oxygen atoms in total. The lowest BCUT2D eigenvalue weighted by atomic mass is 10.2. The zero-order chi connectivity index (χ0) is 13.5. The number of alkyl halides is 2. The second-order valence-electron chi connectivity index (χ2n) is 3.45. The van der Waals surface area contributed by atoms with Gasteiger partial charge in [-0.2, -0.15) is 8.78 Å². The zero-order valence-corrected chi connectivity index (χ0v) is 10.5. The predicted molar refractivity (Wildman–Crippen MR) is 68.2 cm³/mol. The number of thioether (sulfide) groups is 1. The van der Waals surface area contributed by atoms with Gasteiger partial charge in [-0.1, -0.05) is 30.0 Å². The Hall–Kier alpha value is -1.56. The van der Waals surface area contributed by atoms with Crippen molar-refractivity contribution in [2.45, 2.75) is 17.6 Å². The molecule has 0 aromatic heterocycles. The van der Waals surface area contributed by atoms with Crippen molar-refractivity contribution in [1.29, 1.82) is 0 Å². The number of rotatable bonds is 6. The first-order chi connectivity index (χ1) is 8.50. The maximum Gasteiger partial charge on any atom is 0.331 e. The van der Waals surface area contributed by atoms with Crippen LogP contribution in [0.25, 0.3) is 0 Å². The molecule has 2 N–H and O–H groups in total. The van der Waals surface area contributed by atoms with Crippen LogP contribution in [0.4, 0.5) is 14.5 Å². The van der Waals surface area contributed by atoms with Crippen molar-refractivity contribution in [1.82, 2.24) is 0 Å². The van der Waals surface area contributed by atoms with Crippen LogP contribution in [0.3, 0.4) is 0 Å². The first-order valence-electron chi connectivity index (χ1n) is 5.18. The Kier molecular flexibility index (Phi) is 5.64. The lowest BCUT2D eigenvalue weighted by Crippen LogP contribution is -2.04. The van der Waals surface area contributed by atoms with Crippen LogP contribution >= 0.6 is 11.8 Å². The molecule has 1 aromatic carbocycles. The lowest BCUT2D eigenvalue weighted by Gasteiger charge is -2.09. The van der Waals surface area contributed by atoms with Crippen LogP contribution in [0.2, 0.25) is 0 Å². The van der Waals surface area contributed by atoms with E-state index in [9.17, 15) is 13.6 Å². The van der Waals surface area contributed by atoms with E-state index in [0.29, 0.717) is 22.3 Å². The molecule has 0 aliphatic rings. The summed E-state index contributed by atoms with van der Waals surface area (Å²) in [5, 5.41) is 11.6. The molecular weight excluding hydrogens is 260 g/mol. The van der Waals surface area contributed by atoms with Crippen LogP contribution < -0.4 is 5.32 Å². The van der Waals surface area contributed by atoms with E-state index in [-0.39, 0.29) is 12.1 Å². The number of nitrogens with one attached hydrogen (secondary N) is 1. The molecule has 0 saturated carbocycles. The molecular formula is C12H13F2NO2S. The third-order valence-electron chi connectivity index (χ3n) is 2.14. The normalized spacial score (nSPS) is 11.7. The average molecular weight is 273 g/mol. The Balaban J connectivity index is 2.67. The van der Waals surface area contributed by atoms with Gasteiger partial charge in [-0.3, -0.25) is 0 Å². The Morgan fingerprint density at radius 1 is 1.50 bits per heavy atom. The van der Waals surface area contributed by atoms with Crippen LogP contribution in [-0.4, -0.2) is 23.4 Å². The third-order valence-corrected chi connectivity index (χ3v) is 2.93. The van der Waals surface area contributed by atoms with Gasteiger partial charge in [0.15, 0.2) is 0 Å². The van der Waals surface area contributed by atoms with Crippen molar-refractivity contribution in [3.63, 3.8) is 0 Å². The summed E-state index contributed by atoms with van der Waals surface area (Å²) in [6, 6.07) is 6.67. The second-order valence-corrected chi connectivity index (χ2v) is 4.48. The Morgan fingerprint density at radius 2 is 2.17 bits per heavy atom. The SMILES string of the molecule is C/C(=C/CNc1ccccc1SC(F)F)C(=O)O. The van der Waals surface area contributed by atoms with Gasteiger partial charge >= 0.3 is 5.97 Å². The fourth-order valence-corrected chi connectivity index (χ4v) is 1.83. The summed E-state index contributed by atoms with van der Waals surface area (Å²) in [6.45, 7) is 1.75. The number of aliphatic carboxylic acids is 1. The van der Waals surface area contributed by atoms with Crippen LogP contribution in [0, 0.1) is 0 Å². The number of halogens is 2. The van der Waals surface area contributed by atoms with Crippen molar-refractivity contribution < 1.29 is 18.7 Å². The van der Waals surface area contributed by atoms with E-state index in [4.69, 9.17) is 5.11 Å². The Bertz CT molecular complexity index is 449. The predicted octanol–water partition coefficient (Wildman–Crippen LogP) is 3.44. The molecule has 0 saturated heterocycles. The van der Waals surface area contributed by atoms with Gasteiger partial charge in [-0.05, 0) is 19.1 Å². The quantitative estimate of drug-likeness (QED) is 0.615. The molecule has 98 valence electrons. The smallest absolute Gasteiger partial charge is 0.331 e. The van der Waals surface area contributed by atoms with Gasteiger partial charge in [0.25, 0.3) is 5.76 Å². The molecule has 0 radical (unpaired) electrons. The van der Waals surface area contributed by atoms with Crippen molar-refractivity contribution >= 4 is 23.4 Å². The van der Waals surface area contributed by atoms with Gasteiger partial charge in [-0.25, -0.2) is 4.79 Å². The van der Waals surface area contributed by atoms with Crippen molar-refractivity contribution in [3.05, 3.63) is 35.9 Å². The number of carbonyl (C=O) groups is 1. The molecule has 0 atom stereocenters. The largest absolute Gasteiger partial charge is 0.478 e. The Morgan fingerprint density at radius 3 is 2.78 bits per heavy atom. The summed E-state index contributed by atoms with van der Waals surface area (Å²) in [5.41, 5.74) is 0.777. The zero-order valence-electron chi connectivity index (χ0n) is 9.69. The van der Waals surface area contributed by atoms with Gasteiger partial charge < -0.3 is 10.4 Å². The van der Waals surface area contributed by atoms with E-state index in [0.717, 1.165) is 0 Å². The number of hydrogen-bond acceptors (Lipinski definition) is 3. The maximum atomic E-state index is 12.3. The van der Waals surface area contributed by atoms with E-state index in [2.05, 4.69) is 5.32 Å². The van der Waals surface area contributed by atoms with Gasteiger partial charge in [-0.15, -0.1) is 0 Å². The molecule has 0 aliphatic carbocycles. The van der Waals surface area contributed by atoms with Crippen molar-refractivity contribution in [3.8, 4) is 0 Å². The first kappa shape index (κ1) is 14.5. The van der Waals surface area contributed by atoms with Gasteiger partial charge in [0.2, 0.25) is 0 Å². The minimum absolute atomic E-state index is 0.210. The molecule has 1 rings (SSSR count). The number of benzene rings is 1. The minimum Gasteiger partial charge on any atom is -0.478 e. The van der Waals surface area contributed by atoms with E-state index in [1.54, 1.807) is 24.3 Å². The van der Waals surface area contributed by atoms with E-state index < -0.39 is 11.7 Å². The molecule has 1 aromatic rings. The molecule has 0 fully saturated rings. The average Bonchev–Trinajstić information content (AvgIpc) is 2.30. The van der Waals surface area contributed by atoms with Crippen LogP contribution in [0.1, 0.15) is 6.92 Å². The first-order valence-corrected chi connectivity index (χ1v) is 6.06. The van der Waals surface area contributed by atoms with Gasteiger partial charge in [0, 0.05) is 22.7 Å². The molecule has 6 heteroatoms. The van der Waals surface area contributed by atoms with Gasteiger partial charge in [0.1, 0.15) is 0 Å². The van der Waals surface area contributed by atoms with E-state index in [1.807, 2.05) is 0 Å². The highest BCUT2D eigenvalue weighted by atomic mass is 32.2. The lowest BCUT2D eigenvalue weighted by molar-refractivity contribution is -0.132. The monoisotopic (exact) mass is 273 g/mol. The van der Waals surface area contributed by atoms with Crippen LogP contribution in [-0.2, 0) is 4.79 Å². The van der Waals surface area contributed by atoms with Crippen molar-refractivity contribution in [2.24, 2.45) is 0 Å². The number of carboxylic acids is 1. The number of para-hydroxylation sites is 1. The standard InChI is InChI=1S/C12H13F2NO2S/c1-8(11(16)17)6-7-15-9-4-2-3-5-10(9)18-12(13)14/h2-6,12,15H,7H2,1H3,(H,16,17)/b8-6-. The number of anilines is 1. The Labute approximate surface area is 108 Å². The highest BCUT2D eigenvalue weighted by Gasteiger charge is 2.08. The van der Waals surface area contributed by atoms with Crippen molar-refractivity contribution in [2.75, 3.05) is 11.9 Å².